The van der Waals surface area contributed by atoms with Crippen molar-refractivity contribution in [3.05, 3.63) is 42.0 Å². The first kappa shape index (κ1) is 22.5. The molecular formula is C22H30N2O5. The number of rotatable bonds is 10. The monoisotopic (exact) mass is 402 g/mol. The normalized spacial score (nSPS) is 15.7. The Morgan fingerprint density at radius 3 is 2.45 bits per heavy atom. The third kappa shape index (κ3) is 8.81. The summed E-state index contributed by atoms with van der Waals surface area (Å²) in [5.74, 6) is -1.37. The first-order valence-corrected chi connectivity index (χ1v) is 10.2. The predicted octanol–water partition coefficient (Wildman–Crippen LogP) is 2.54. The molecule has 4 N–H and O–H groups in total. The average Bonchev–Trinajstić information content (AvgIpc) is 2.69. The maximum Gasteiger partial charge on any atom is 0.305 e. The number of aliphatic carboxylic acids is 1. The zero-order valence-electron chi connectivity index (χ0n) is 16.6. The molecule has 1 atom stereocenters. The number of hydrogen-bond acceptors (Lipinski definition) is 4. The molecule has 0 radical (unpaired) electrons. The van der Waals surface area contributed by atoms with Gasteiger partial charge in [-0.1, -0.05) is 50.3 Å². The van der Waals surface area contributed by atoms with Gasteiger partial charge in [0, 0.05) is 6.54 Å². The fourth-order valence-corrected chi connectivity index (χ4v) is 3.51. The number of carboxylic acid groups (broad SMARTS) is 1. The first-order chi connectivity index (χ1) is 13.9. The highest BCUT2D eigenvalue weighted by Gasteiger charge is 2.22. The second-order valence-electron chi connectivity index (χ2n) is 7.51. The van der Waals surface area contributed by atoms with E-state index >= 15 is 0 Å². The number of hydrogen-bond donors (Lipinski definition) is 4. The molecule has 2 amide bonds. The van der Waals surface area contributed by atoms with E-state index in [1.807, 2.05) is 6.08 Å². The fourth-order valence-electron chi connectivity index (χ4n) is 3.51. The predicted molar refractivity (Wildman–Crippen MR) is 109 cm³/mol. The number of phenols is 1. The van der Waals surface area contributed by atoms with Crippen LogP contribution < -0.4 is 10.6 Å². The number of allylic oxidation sites excluding steroid dienone is 1. The molecule has 0 aromatic heterocycles. The molecule has 0 bridgehead atoms. The van der Waals surface area contributed by atoms with Crippen LogP contribution in [0.15, 0.2) is 36.4 Å². The van der Waals surface area contributed by atoms with Crippen molar-refractivity contribution in [1.29, 1.82) is 0 Å². The number of nitrogens with one attached hydrogen (secondary N) is 2. The van der Waals surface area contributed by atoms with Crippen LogP contribution in [-0.2, 0) is 20.8 Å². The van der Waals surface area contributed by atoms with Crippen molar-refractivity contribution < 1.29 is 24.6 Å². The summed E-state index contributed by atoms with van der Waals surface area (Å²) >= 11 is 0. The summed E-state index contributed by atoms with van der Waals surface area (Å²) in [5, 5.41) is 23.5. The van der Waals surface area contributed by atoms with Crippen molar-refractivity contribution in [1.82, 2.24) is 10.6 Å². The summed E-state index contributed by atoms with van der Waals surface area (Å²) in [5.41, 5.74) is 0.924. The molecule has 158 valence electrons. The zero-order valence-corrected chi connectivity index (χ0v) is 16.6. The van der Waals surface area contributed by atoms with Gasteiger partial charge >= 0.3 is 5.97 Å². The van der Waals surface area contributed by atoms with Gasteiger partial charge in [-0.15, -0.1) is 0 Å². The Kier molecular flexibility index (Phi) is 9.21. The van der Waals surface area contributed by atoms with E-state index in [1.54, 1.807) is 24.3 Å². The lowest BCUT2D eigenvalue weighted by Gasteiger charge is -2.19. The van der Waals surface area contributed by atoms with E-state index in [0.717, 1.165) is 12.0 Å². The summed E-state index contributed by atoms with van der Waals surface area (Å²) < 4.78 is 0. The molecule has 29 heavy (non-hydrogen) atoms. The van der Waals surface area contributed by atoms with E-state index < -0.39 is 30.2 Å². The van der Waals surface area contributed by atoms with Crippen LogP contribution in [0.25, 0.3) is 0 Å². The molecule has 1 aromatic carbocycles. The van der Waals surface area contributed by atoms with E-state index in [1.165, 1.54) is 38.2 Å². The summed E-state index contributed by atoms with van der Waals surface area (Å²) in [6.07, 6.45) is 10.2. The maximum atomic E-state index is 12.3. The molecule has 1 saturated carbocycles. The van der Waals surface area contributed by atoms with Crippen molar-refractivity contribution >= 4 is 17.8 Å². The standard InChI is InChI=1S/C22H30N2O5/c25-18-11-9-17(10-12-18)13-14-23-22(29)19(15-21(27)28)24-20(26)8-4-7-16-5-2-1-3-6-16/h4,8-12,16,19,25H,1-3,5-7,13-15H2,(H,23,29)(H,24,26)(H,27,28)/b8-4+. The fraction of sp³-hybridized carbons (Fsp3) is 0.500. The van der Waals surface area contributed by atoms with Gasteiger partial charge in [-0.05, 0) is 42.5 Å². The number of carbonyl (C=O) groups excluding carboxylic acids is 2. The third-order valence-corrected chi connectivity index (χ3v) is 5.12. The molecule has 0 spiro atoms. The molecular weight excluding hydrogens is 372 g/mol. The molecule has 1 fully saturated rings. The van der Waals surface area contributed by atoms with E-state index in [0.29, 0.717) is 18.9 Å². The van der Waals surface area contributed by atoms with Crippen molar-refractivity contribution in [3.63, 3.8) is 0 Å². The second-order valence-corrected chi connectivity index (χ2v) is 7.51. The number of benzene rings is 1. The number of amides is 2. The minimum Gasteiger partial charge on any atom is -0.508 e. The van der Waals surface area contributed by atoms with E-state index in [4.69, 9.17) is 5.11 Å². The van der Waals surface area contributed by atoms with Crippen molar-refractivity contribution in [2.24, 2.45) is 5.92 Å². The highest BCUT2D eigenvalue weighted by molar-refractivity contribution is 5.94. The summed E-state index contributed by atoms with van der Waals surface area (Å²) in [4.78, 5) is 35.5. The molecule has 7 heteroatoms. The zero-order chi connectivity index (χ0) is 21.1. The van der Waals surface area contributed by atoms with Crippen LogP contribution in [-0.4, -0.2) is 40.6 Å². The van der Waals surface area contributed by atoms with Gasteiger partial charge in [0.05, 0.1) is 6.42 Å². The van der Waals surface area contributed by atoms with Gasteiger partial charge in [0.2, 0.25) is 11.8 Å². The van der Waals surface area contributed by atoms with Crippen LogP contribution in [0.2, 0.25) is 0 Å². The molecule has 0 heterocycles. The minimum atomic E-state index is -1.16. The van der Waals surface area contributed by atoms with Gasteiger partial charge in [0.15, 0.2) is 0 Å². The Morgan fingerprint density at radius 1 is 1.10 bits per heavy atom. The van der Waals surface area contributed by atoms with E-state index in [2.05, 4.69) is 10.6 Å². The van der Waals surface area contributed by atoms with Crippen molar-refractivity contribution in [3.8, 4) is 5.75 Å². The Bertz CT molecular complexity index is 708. The quantitative estimate of drug-likeness (QED) is 0.449. The van der Waals surface area contributed by atoms with Crippen LogP contribution in [0.1, 0.15) is 50.5 Å². The second kappa shape index (κ2) is 11.9. The molecule has 7 nitrogen and oxygen atoms in total. The van der Waals surface area contributed by atoms with Gasteiger partial charge in [-0.2, -0.15) is 0 Å². The van der Waals surface area contributed by atoms with Crippen molar-refractivity contribution in [2.75, 3.05) is 6.54 Å². The van der Waals surface area contributed by atoms with Gasteiger partial charge in [-0.25, -0.2) is 0 Å². The average molecular weight is 402 g/mol. The smallest absolute Gasteiger partial charge is 0.305 e. The lowest BCUT2D eigenvalue weighted by Crippen LogP contribution is -2.47. The van der Waals surface area contributed by atoms with E-state index in [9.17, 15) is 19.5 Å². The number of aromatic hydroxyl groups is 1. The minimum absolute atomic E-state index is 0.165. The summed E-state index contributed by atoms with van der Waals surface area (Å²) in [7, 11) is 0. The molecule has 1 aliphatic carbocycles. The molecule has 1 aliphatic rings. The number of phenolic OH excluding ortho intramolecular Hbond substituents is 1. The highest BCUT2D eigenvalue weighted by Crippen LogP contribution is 2.26. The van der Waals surface area contributed by atoms with Gasteiger partial charge in [-0.3, -0.25) is 14.4 Å². The molecule has 0 saturated heterocycles. The highest BCUT2D eigenvalue weighted by atomic mass is 16.4. The largest absolute Gasteiger partial charge is 0.508 e. The summed E-state index contributed by atoms with van der Waals surface area (Å²) in [6.45, 7) is 0.299. The van der Waals surface area contributed by atoms with E-state index in [-0.39, 0.29) is 5.75 Å². The summed E-state index contributed by atoms with van der Waals surface area (Å²) in [6, 6.07) is 5.48. The molecule has 1 unspecified atom stereocenters. The maximum absolute atomic E-state index is 12.3. The first-order valence-electron chi connectivity index (χ1n) is 10.2. The Hall–Kier alpha value is -2.83. The Labute approximate surface area is 171 Å². The lowest BCUT2D eigenvalue weighted by molar-refractivity contribution is -0.140. The lowest BCUT2D eigenvalue weighted by atomic mass is 9.87. The van der Waals surface area contributed by atoms with Crippen LogP contribution in [0.4, 0.5) is 0 Å². The van der Waals surface area contributed by atoms with Crippen molar-refractivity contribution in [2.45, 2.75) is 57.4 Å². The molecule has 2 rings (SSSR count). The van der Waals surface area contributed by atoms with Crippen LogP contribution in [0.5, 0.6) is 5.75 Å². The van der Waals surface area contributed by atoms with Gasteiger partial charge in [0.1, 0.15) is 11.8 Å². The Balaban J connectivity index is 1.79. The number of carboxylic acids is 1. The van der Waals surface area contributed by atoms with Crippen LogP contribution in [0.3, 0.4) is 0 Å². The van der Waals surface area contributed by atoms with Gasteiger partial charge < -0.3 is 20.8 Å². The topological polar surface area (TPSA) is 116 Å². The Morgan fingerprint density at radius 2 is 1.79 bits per heavy atom. The molecule has 1 aromatic rings. The number of carbonyl (C=O) groups is 3. The third-order valence-electron chi connectivity index (χ3n) is 5.12. The van der Waals surface area contributed by atoms with Crippen LogP contribution >= 0.6 is 0 Å². The SMILES string of the molecule is O=C(O)CC(NC(=O)/C=C/CC1CCCCC1)C(=O)NCCc1ccc(O)cc1. The van der Waals surface area contributed by atoms with Crippen LogP contribution in [0, 0.1) is 5.92 Å². The van der Waals surface area contributed by atoms with Gasteiger partial charge in [0.25, 0.3) is 0 Å². The molecule has 0 aliphatic heterocycles.